The van der Waals surface area contributed by atoms with E-state index in [0.717, 1.165) is 49.5 Å². The first kappa shape index (κ1) is 19.8. The average molecular weight is 355 g/mol. The molecule has 1 aromatic heterocycles. The van der Waals surface area contributed by atoms with Gasteiger partial charge in [0.05, 0.1) is 12.7 Å². The minimum atomic E-state index is -0.0879. The highest BCUT2D eigenvalue weighted by molar-refractivity contribution is 5.94. The smallest absolute Gasteiger partial charge is 0.252 e. The number of benzene rings is 1. The van der Waals surface area contributed by atoms with Crippen LogP contribution in [0.4, 0.5) is 5.82 Å². The third-order valence-corrected chi connectivity index (χ3v) is 4.18. The minimum absolute atomic E-state index is 0.0879. The summed E-state index contributed by atoms with van der Waals surface area (Å²) in [5, 5.41) is 2.95. The number of nitrogens with one attached hydrogen (secondary N) is 1. The van der Waals surface area contributed by atoms with Gasteiger partial charge in [-0.2, -0.15) is 0 Å². The summed E-state index contributed by atoms with van der Waals surface area (Å²) in [5.74, 6) is 1.68. The van der Waals surface area contributed by atoms with Gasteiger partial charge >= 0.3 is 0 Å². The Balaban J connectivity index is 1.86. The van der Waals surface area contributed by atoms with Crippen LogP contribution in [0.15, 0.2) is 42.6 Å². The first-order valence-electron chi connectivity index (χ1n) is 9.30. The molecular weight excluding hydrogens is 326 g/mol. The lowest BCUT2D eigenvalue weighted by molar-refractivity contribution is 0.0954. The normalized spacial score (nSPS) is 10.4. The van der Waals surface area contributed by atoms with E-state index in [0.29, 0.717) is 12.1 Å². The summed E-state index contributed by atoms with van der Waals surface area (Å²) in [4.78, 5) is 19.0. The summed E-state index contributed by atoms with van der Waals surface area (Å²) in [6, 6.07) is 11.7. The molecule has 1 amide bonds. The highest BCUT2D eigenvalue weighted by atomic mass is 16.5. The molecule has 0 aliphatic rings. The van der Waals surface area contributed by atoms with Crippen LogP contribution in [-0.4, -0.2) is 37.6 Å². The highest BCUT2D eigenvalue weighted by Crippen LogP contribution is 2.13. The molecule has 1 aromatic carbocycles. The quantitative estimate of drug-likeness (QED) is 0.706. The highest BCUT2D eigenvalue weighted by Gasteiger charge is 2.09. The van der Waals surface area contributed by atoms with Gasteiger partial charge in [-0.15, -0.1) is 0 Å². The molecule has 0 aliphatic carbocycles. The Morgan fingerprint density at radius 1 is 1.08 bits per heavy atom. The molecule has 1 N–H and O–H groups in total. The van der Waals surface area contributed by atoms with E-state index in [1.807, 2.05) is 36.4 Å². The Kier molecular flexibility index (Phi) is 7.93. The predicted octanol–water partition coefficient (Wildman–Crippen LogP) is 3.69. The van der Waals surface area contributed by atoms with Crippen LogP contribution in [0.2, 0.25) is 0 Å². The van der Waals surface area contributed by atoms with E-state index in [9.17, 15) is 4.79 Å². The van der Waals surface area contributed by atoms with Gasteiger partial charge in [-0.25, -0.2) is 4.98 Å². The Morgan fingerprint density at radius 2 is 1.77 bits per heavy atom. The van der Waals surface area contributed by atoms with Crippen molar-refractivity contribution in [1.82, 2.24) is 10.3 Å². The van der Waals surface area contributed by atoms with Crippen molar-refractivity contribution in [3.8, 4) is 5.75 Å². The molecule has 1 heterocycles. The summed E-state index contributed by atoms with van der Waals surface area (Å²) in [6.07, 6.45) is 4.60. The van der Waals surface area contributed by atoms with Crippen LogP contribution in [0.3, 0.4) is 0 Å². The number of hydrogen-bond acceptors (Lipinski definition) is 4. The molecule has 26 heavy (non-hydrogen) atoms. The van der Waals surface area contributed by atoms with E-state index in [4.69, 9.17) is 4.74 Å². The van der Waals surface area contributed by atoms with Gasteiger partial charge in [0.1, 0.15) is 11.6 Å². The first-order chi connectivity index (χ1) is 12.7. The van der Waals surface area contributed by atoms with Gasteiger partial charge in [0.15, 0.2) is 0 Å². The van der Waals surface area contributed by atoms with Crippen molar-refractivity contribution < 1.29 is 9.53 Å². The number of ether oxygens (including phenoxy) is 1. The number of carbonyl (C=O) groups excluding carboxylic acids is 1. The van der Waals surface area contributed by atoms with Gasteiger partial charge in [-0.1, -0.05) is 26.0 Å². The number of rotatable bonds is 10. The number of methoxy groups -OCH3 is 1. The van der Waals surface area contributed by atoms with E-state index in [2.05, 4.69) is 29.0 Å². The van der Waals surface area contributed by atoms with Gasteiger partial charge in [0.25, 0.3) is 5.91 Å². The lowest BCUT2D eigenvalue weighted by Crippen LogP contribution is -2.27. The van der Waals surface area contributed by atoms with Crippen LogP contribution in [0.1, 0.15) is 42.6 Å². The summed E-state index contributed by atoms with van der Waals surface area (Å²) < 4.78 is 5.15. The third-order valence-electron chi connectivity index (χ3n) is 4.18. The first-order valence-corrected chi connectivity index (χ1v) is 9.30. The van der Waals surface area contributed by atoms with Gasteiger partial charge in [-0.3, -0.25) is 4.79 Å². The number of pyridine rings is 1. The molecule has 0 fully saturated rings. The van der Waals surface area contributed by atoms with Gasteiger partial charge < -0.3 is 15.0 Å². The maximum atomic E-state index is 12.3. The molecule has 0 aliphatic heterocycles. The summed E-state index contributed by atoms with van der Waals surface area (Å²) >= 11 is 0. The van der Waals surface area contributed by atoms with Crippen LogP contribution in [-0.2, 0) is 6.42 Å². The molecule has 140 valence electrons. The van der Waals surface area contributed by atoms with E-state index in [1.54, 1.807) is 13.3 Å². The summed E-state index contributed by atoms with van der Waals surface area (Å²) in [6.45, 7) is 6.87. The fourth-order valence-corrected chi connectivity index (χ4v) is 2.80. The standard InChI is InChI=1S/C21H29N3O2/c1-4-14-24(15-5-2)20-11-8-18(16-23-20)21(25)22-13-12-17-6-9-19(26-3)10-7-17/h6-11,16H,4-5,12-15H2,1-3H3,(H,22,25). The minimum Gasteiger partial charge on any atom is -0.497 e. The molecule has 5 nitrogen and oxygen atoms in total. The van der Waals surface area contributed by atoms with Crippen molar-refractivity contribution in [3.63, 3.8) is 0 Å². The van der Waals surface area contributed by atoms with E-state index in [-0.39, 0.29) is 5.91 Å². The molecular formula is C21H29N3O2. The molecule has 2 aromatic rings. The summed E-state index contributed by atoms with van der Waals surface area (Å²) in [5.41, 5.74) is 1.76. The number of hydrogen-bond donors (Lipinski definition) is 1. The number of carbonyl (C=O) groups is 1. The van der Waals surface area contributed by atoms with Gasteiger partial charge in [0, 0.05) is 25.8 Å². The number of nitrogens with zero attached hydrogens (tertiary/aromatic N) is 2. The number of amides is 1. The van der Waals surface area contributed by atoms with Crippen LogP contribution in [0.25, 0.3) is 0 Å². The molecule has 0 spiro atoms. The topological polar surface area (TPSA) is 54.5 Å². The van der Waals surface area contributed by atoms with Crippen molar-refractivity contribution in [2.24, 2.45) is 0 Å². The SMILES string of the molecule is CCCN(CCC)c1ccc(C(=O)NCCc2ccc(OC)cc2)cn1. The lowest BCUT2D eigenvalue weighted by atomic mass is 10.1. The second-order valence-corrected chi connectivity index (χ2v) is 6.25. The Labute approximate surface area is 156 Å². The van der Waals surface area contributed by atoms with Crippen LogP contribution in [0, 0.1) is 0 Å². The average Bonchev–Trinajstić information content (AvgIpc) is 2.68. The zero-order valence-corrected chi connectivity index (χ0v) is 16.0. The molecule has 0 bridgehead atoms. The Hall–Kier alpha value is -2.56. The zero-order valence-electron chi connectivity index (χ0n) is 16.0. The second-order valence-electron chi connectivity index (χ2n) is 6.25. The van der Waals surface area contributed by atoms with E-state index < -0.39 is 0 Å². The fourth-order valence-electron chi connectivity index (χ4n) is 2.80. The van der Waals surface area contributed by atoms with E-state index >= 15 is 0 Å². The monoisotopic (exact) mass is 355 g/mol. The molecule has 0 atom stereocenters. The molecule has 0 unspecified atom stereocenters. The largest absolute Gasteiger partial charge is 0.497 e. The number of aromatic nitrogens is 1. The molecule has 0 radical (unpaired) electrons. The summed E-state index contributed by atoms with van der Waals surface area (Å²) in [7, 11) is 1.65. The predicted molar refractivity (Wildman–Crippen MR) is 106 cm³/mol. The molecule has 0 saturated heterocycles. The van der Waals surface area contributed by atoms with Crippen molar-refractivity contribution in [2.45, 2.75) is 33.1 Å². The molecule has 5 heteroatoms. The van der Waals surface area contributed by atoms with Crippen molar-refractivity contribution in [2.75, 3.05) is 31.6 Å². The molecule has 2 rings (SSSR count). The second kappa shape index (κ2) is 10.4. The fraction of sp³-hybridized carbons (Fsp3) is 0.429. The van der Waals surface area contributed by atoms with E-state index in [1.165, 1.54) is 0 Å². The van der Waals surface area contributed by atoms with Gasteiger partial charge in [0.2, 0.25) is 0 Å². The maximum absolute atomic E-state index is 12.3. The maximum Gasteiger partial charge on any atom is 0.252 e. The van der Waals surface area contributed by atoms with Crippen LogP contribution in [0.5, 0.6) is 5.75 Å². The van der Waals surface area contributed by atoms with Crippen molar-refractivity contribution >= 4 is 11.7 Å². The Morgan fingerprint density at radius 3 is 2.31 bits per heavy atom. The lowest BCUT2D eigenvalue weighted by Gasteiger charge is -2.22. The Bertz CT molecular complexity index is 663. The van der Waals surface area contributed by atoms with Gasteiger partial charge in [-0.05, 0) is 49.1 Å². The van der Waals surface area contributed by atoms with Crippen LogP contribution >= 0.6 is 0 Å². The third kappa shape index (κ3) is 5.76. The van der Waals surface area contributed by atoms with Crippen LogP contribution < -0.4 is 15.0 Å². The van der Waals surface area contributed by atoms with Crippen molar-refractivity contribution in [3.05, 3.63) is 53.7 Å². The zero-order chi connectivity index (χ0) is 18.8. The van der Waals surface area contributed by atoms with Crippen molar-refractivity contribution in [1.29, 1.82) is 0 Å². The number of anilines is 1. The molecule has 0 saturated carbocycles.